The molecule has 2 atom stereocenters. The van der Waals surface area contributed by atoms with Crippen LogP contribution in [0.5, 0.6) is 0 Å². The lowest BCUT2D eigenvalue weighted by Crippen LogP contribution is -2.43. The molecule has 3 aromatic rings. The minimum absolute atomic E-state index is 0.127. The van der Waals surface area contributed by atoms with Crippen LogP contribution in [0, 0.1) is 11.3 Å². The van der Waals surface area contributed by atoms with Gasteiger partial charge in [0.05, 0.1) is 28.6 Å². The lowest BCUT2D eigenvalue weighted by molar-refractivity contribution is 0.0303. The minimum Gasteiger partial charge on any atom is -0.371 e. The molecule has 2 aliphatic heterocycles. The predicted octanol–water partition coefficient (Wildman–Crippen LogP) is 1.81. The van der Waals surface area contributed by atoms with Crippen LogP contribution in [0.2, 0.25) is 0 Å². The minimum atomic E-state index is -3.79. The molecule has 1 saturated carbocycles. The fourth-order valence-electron chi connectivity index (χ4n) is 4.56. The molecule has 10 heteroatoms. The van der Waals surface area contributed by atoms with Gasteiger partial charge in [-0.1, -0.05) is 6.07 Å². The van der Waals surface area contributed by atoms with Crippen LogP contribution in [0.15, 0.2) is 29.4 Å². The quantitative estimate of drug-likeness (QED) is 0.654. The van der Waals surface area contributed by atoms with Crippen LogP contribution in [0.4, 0.5) is 5.82 Å². The number of H-pyrrole nitrogens is 1. The average molecular weight is 424 g/mol. The number of morpholine rings is 1. The van der Waals surface area contributed by atoms with Crippen LogP contribution < -0.4 is 9.62 Å². The van der Waals surface area contributed by atoms with E-state index in [0.29, 0.717) is 24.0 Å². The van der Waals surface area contributed by atoms with Crippen LogP contribution in [-0.2, 0) is 14.8 Å². The third kappa shape index (κ3) is 2.77. The summed E-state index contributed by atoms with van der Waals surface area (Å²) in [4.78, 5) is 14.5. The third-order valence-electron chi connectivity index (χ3n) is 6.29. The molecule has 154 valence electrons. The zero-order valence-electron chi connectivity index (χ0n) is 16.1. The highest BCUT2D eigenvalue weighted by Gasteiger charge is 2.46. The fourth-order valence-corrected chi connectivity index (χ4v) is 5.97. The number of nitrogens with one attached hydrogen (secondary N) is 2. The van der Waals surface area contributed by atoms with E-state index >= 15 is 0 Å². The van der Waals surface area contributed by atoms with Crippen LogP contribution in [0.25, 0.3) is 21.9 Å². The summed E-state index contributed by atoms with van der Waals surface area (Å²) in [6.45, 7) is 1.59. The summed E-state index contributed by atoms with van der Waals surface area (Å²) in [5, 5.41) is 11.0. The van der Waals surface area contributed by atoms with Crippen molar-refractivity contribution in [1.29, 1.82) is 5.26 Å². The van der Waals surface area contributed by atoms with Crippen molar-refractivity contribution in [2.45, 2.75) is 48.3 Å². The molecule has 4 heterocycles. The first-order valence-corrected chi connectivity index (χ1v) is 11.6. The van der Waals surface area contributed by atoms with Crippen molar-refractivity contribution in [3.05, 3.63) is 24.5 Å². The van der Waals surface area contributed by atoms with Gasteiger partial charge in [-0.25, -0.2) is 18.4 Å². The number of fused-ring (bicyclic) bond motifs is 5. The van der Waals surface area contributed by atoms with Gasteiger partial charge in [0.2, 0.25) is 10.0 Å². The van der Waals surface area contributed by atoms with Crippen LogP contribution in [0.3, 0.4) is 0 Å². The molecular weight excluding hydrogens is 404 g/mol. The summed E-state index contributed by atoms with van der Waals surface area (Å²) in [6.07, 6.45) is 5.22. The van der Waals surface area contributed by atoms with E-state index in [-0.39, 0.29) is 17.1 Å². The second kappa shape index (κ2) is 6.14. The van der Waals surface area contributed by atoms with Crippen molar-refractivity contribution < 1.29 is 13.2 Å². The molecule has 2 aromatic heterocycles. The van der Waals surface area contributed by atoms with Gasteiger partial charge in [0.15, 0.2) is 0 Å². The summed E-state index contributed by atoms with van der Waals surface area (Å²) in [5.74, 6) is 0.849. The Labute approximate surface area is 173 Å². The van der Waals surface area contributed by atoms with Gasteiger partial charge in [0.25, 0.3) is 0 Å². The summed E-state index contributed by atoms with van der Waals surface area (Å²) in [6, 6.07) is 7.02. The number of nitriles is 1. The molecule has 0 amide bonds. The Bertz CT molecular complexity index is 1310. The van der Waals surface area contributed by atoms with E-state index in [1.165, 1.54) is 6.33 Å². The number of aromatic nitrogens is 3. The maximum absolute atomic E-state index is 12.8. The first-order chi connectivity index (χ1) is 14.5. The largest absolute Gasteiger partial charge is 0.371 e. The van der Waals surface area contributed by atoms with Crippen molar-refractivity contribution in [1.82, 2.24) is 19.7 Å². The number of ether oxygens (including phenoxy) is 1. The van der Waals surface area contributed by atoms with Gasteiger partial charge in [-0.3, -0.25) is 0 Å². The van der Waals surface area contributed by atoms with Crippen LogP contribution in [-0.4, -0.2) is 54.2 Å². The first kappa shape index (κ1) is 18.1. The Morgan fingerprint density at radius 1 is 1.23 bits per heavy atom. The van der Waals surface area contributed by atoms with Crippen molar-refractivity contribution in [2.75, 3.05) is 18.0 Å². The van der Waals surface area contributed by atoms with Gasteiger partial charge in [0.1, 0.15) is 23.3 Å². The van der Waals surface area contributed by atoms with Gasteiger partial charge in [-0.2, -0.15) is 9.98 Å². The Morgan fingerprint density at radius 3 is 2.70 bits per heavy atom. The van der Waals surface area contributed by atoms with E-state index in [1.807, 2.05) is 0 Å². The molecule has 9 nitrogen and oxygen atoms in total. The topological polar surface area (TPSA) is 124 Å². The van der Waals surface area contributed by atoms with Gasteiger partial charge in [0, 0.05) is 24.0 Å². The van der Waals surface area contributed by atoms with Gasteiger partial charge >= 0.3 is 0 Å². The zero-order chi connectivity index (χ0) is 20.5. The lowest BCUT2D eigenvalue weighted by atomic mass is 10.2. The molecule has 2 saturated heterocycles. The van der Waals surface area contributed by atoms with Crippen molar-refractivity contribution in [2.24, 2.45) is 0 Å². The van der Waals surface area contributed by atoms with Crippen molar-refractivity contribution >= 4 is 37.8 Å². The summed E-state index contributed by atoms with van der Waals surface area (Å²) >= 11 is 0. The first-order valence-electron chi connectivity index (χ1n) is 10.1. The number of aromatic amines is 1. The van der Waals surface area contributed by atoms with Crippen LogP contribution in [0.1, 0.15) is 25.7 Å². The number of anilines is 1. The van der Waals surface area contributed by atoms with Crippen LogP contribution >= 0.6 is 0 Å². The van der Waals surface area contributed by atoms with E-state index in [1.54, 1.807) is 18.2 Å². The lowest BCUT2D eigenvalue weighted by Gasteiger charge is -2.33. The second-order valence-corrected chi connectivity index (χ2v) is 10.1. The average Bonchev–Trinajstić information content (AvgIpc) is 3.28. The molecule has 2 unspecified atom stereocenters. The smallest absolute Gasteiger partial charge is 0.242 e. The number of rotatable bonds is 4. The summed E-state index contributed by atoms with van der Waals surface area (Å²) < 4.78 is 34.0. The normalized spacial score (nSPS) is 25.0. The summed E-state index contributed by atoms with van der Waals surface area (Å²) in [7, 11) is -3.79. The maximum atomic E-state index is 12.8. The maximum Gasteiger partial charge on any atom is 0.242 e. The van der Waals surface area contributed by atoms with E-state index in [4.69, 9.17) is 4.74 Å². The zero-order valence-corrected chi connectivity index (χ0v) is 16.9. The van der Waals surface area contributed by atoms with E-state index in [9.17, 15) is 13.7 Å². The second-order valence-electron chi connectivity index (χ2n) is 8.42. The number of hydrogen-bond donors (Lipinski definition) is 2. The molecule has 3 fully saturated rings. The predicted molar refractivity (Wildman–Crippen MR) is 109 cm³/mol. The van der Waals surface area contributed by atoms with Gasteiger partial charge in [-0.15, -0.1) is 0 Å². The molecule has 0 spiro atoms. The highest BCUT2D eigenvalue weighted by atomic mass is 32.2. The Balaban J connectivity index is 1.43. The molecular formula is C20H20N6O3S. The molecule has 2 bridgehead atoms. The van der Waals surface area contributed by atoms with Crippen molar-refractivity contribution in [3.8, 4) is 6.07 Å². The Kier molecular flexibility index (Phi) is 3.69. The standard InChI is InChI=1S/C20H20N6O3S/c21-10-20(5-6-20)25-30(27,28)14-3-4-15-16(7-14)24-18-17(15)19(23-11-22-18)26-8-12-1-2-13(9-26)29-12/h3-4,7,11-13,25H,1-2,5-6,8-9H2,(H,22,23,24). The monoisotopic (exact) mass is 424 g/mol. The molecule has 6 rings (SSSR count). The summed E-state index contributed by atoms with van der Waals surface area (Å²) in [5.41, 5.74) is 0.391. The molecule has 3 aliphatic rings. The number of benzene rings is 1. The number of sulfonamides is 1. The van der Waals surface area contributed by atoms with Crippen molar-refractivity contribution in [3.63, 3.8) is 0 Å². The molecule has 30 heavy (non-hydrogen) atoms. The number of hydrogen-bond acceptors (Lipinski definition) is 7. The van der Waals surface area contributed by atoms with Gasteiger partial charge < -0.3 is 14.6 Å². The van der Waals surface area contributed by atoms with Gasteiger partial charge in [-0.05, 0) is 37.8 Å². The molecule has 1 aromatic carbocycles. The number of nitrogens with zero attached hydrogens (tertiary/aromatic N) is 4. The molecule has 2 N–H and O–H groups in total. The highest BCUT2D eigenvalue weighted by Crippen LogP contribution is 2.38. The Hall–Kier alpha value is -2.74. The van der Waals surface area contributed by atoms with E-state index < -0.39 is 15.6 Å². The van der Waals surface area contributed by atoms with E-state index in [0.717, 1.165) is 42.5 Å². The highest BCUT2D eigenvalue weighted by molar-refractivity contribution is 7.89. The third-order valence-corrected chi connectivity index (χ3v) is 7.82. The van der Waals surface area contributed by atoms with E-state index in [2.05, 4.69) is 30.6 Å². The fraction of sp³-hybridized carbons (Fsp3) is 0.450. The molecule has 1 aliphatic carbocycles. The SMILES string of the molecule is N#CC1(NS(=O)(=O)c2ccc3c(c2)[nH]c2ncnc(N4CC5CCC(C4)O5)c23)CC1. The molecule has 0 radical (unpaired) electrons. The Morgan fingerprint density at radius 2 is 2.00 bits per heavy atom.